The molecule has 1 aliphatic carbocycles. The van der Waals surface area contributed by atoms with E-state index in [-0.39, 0.29) is 24.2 Å². The Morgan fingerprint density at radius 1 is 1.19 bits per heavy atom. The first-order chi connectivity index (χ1) is 15.5. The first-order valence-electron chi connectivity index (χ1n) is 11.1. The molecule has 170 valence electrons. The minimum atomic E-state index is -0.0328. The Morgan fingerprint density at radius 2 is 1.91 bits per heavy atom. The number of nitrogens with one attached hydrogen (secondary N) is 1. The SMILES string of the molecule is CC(=O)N[C@@H](C)COC1CCC(Oc2nc3cnc(Oc4ccccc4)cc3n2C)CC1. The number of aryl methyl sites for hydroxylation is 1. The Hall–Kier alpha value is -3.13. The van der Waals surface area contributed by atoms with E-state index in [2.05, 4.69) is 15.3 Å². The molecule has 0 aliphatic heterocycles. The van der Waals surface area contributed by atoms with Gasteiger partial charge in [-0.2, -0.15) is 4.98 Å². The zero-order chi connectivity index (χ0) is 22.5. The molecule has 0 unspecified atom stereocenters. The van der Waals surface area contributed by atoms with Crippen molar-refractivity contribution >= 4 is 16.9 Å². The lowest BCUT2D eigenvalue weighted by Gasteiger charge is -2.29. The molecule has 2 aromatic heterocycles. The third-order valence-electron chi connectivity index (χ3n) is 5.59. The Labute approximate surface area is 187 Å². The highest BCUT2D eigenvalue weighted by Crippen LogP contribution is 2.29. The van der Waals surface area contributed by atoms with E-state index in [0.29, 0.717) is 18.5 Å². The van der Waals surface area contributed by atoms with Crippen LogP contribution in [0.2, 0.25) is 0 Å². The van der Waals surface area contributed by atoms with E-state index >= 15 is 0 Å². The molecular formula is C24H30N4O4. The zero-order valence-electron chi connectivity index (χ0n) is 18.8. The summed E-state index contributed by atoms with van der Waals surface area (Å²) in [6.45, 7) is 4.00. The molecule has 2 heterocycles. The summed E-state index contributed by atoms with van der Waals surface area (Å²) in [5.74, 6) is 1.22. The number of carbonyl (C=O) groups is 1. The number of hydrogen-bond donors (Lipinski definition) is 1. The van der Waals surface area contributed by atoms with Crippen molar-refractivity contribution in [3.8, 4) is 17.6 Å². The van der Waals surface area contributed by atoms with E-state index in [1.165, 1.54) is 6.92 Å². The molecule has 1 fully saturated rings. The Bertz CT molecular complexity index is 1040. The van der Waals surface area contributed by atoms with Gasteiger partial charge >= 0.3 is 0 Å². The first-order valence-corrected chi connectivity index (χ1v) is 11.1. The predicted octanol–water partition coefficient (Wildman–Crippen LogP) is 3.99. The number of amides is 1. The predicted molar refractivity (Wildman–Crippen MR) is 121 cm³/mol. The molecule has 1 aliphatic rings. The summed E-state index contributed by atoms with van der Waals surface area (Å²) in [5, 5.41) is 2.85. The number of imidazole rings is 1. The van der Waals surface area contributed by atoms with Gasteiger partial charge in [-0.05, 0) is 44.7 Å². The Balaban J connectivity index is 1.33. The van der Waals surface area contributed by atoms with E-state index < -0.39 is 0 Å². The number of aromatic nitrogens is 3. The molecule has 0 saturated heterocycles. The molecule has 1 saturated carbocycles. The van der Waals surface area contributed by atoms with E-state index in [0.717, 1.165) is 42.5 Å². The second kappa shape index (κ2) is 9.99. The van der Waals surface area contributed by atoms with Crippen LogP contribution in [0.15, 0.2) is 42.6 Å². The molecule has 8 nitrogen and oxygen atoms in total. The van der Waals surface area contributed by atoms with Gasteiger partial charge in [0, 0.05) is 26.1 Å². The van der Waals surface area contributed by atoms with Crippen LogP contribution in [0.25, 0.3) is 11.0 Å². The Kier molecular flexibility index (Phi) is 6.90. The second-order valence-electron chi connectivity index (χ2n) is 8.33. The summed E-state index contributed by atoms with van der Waals surface area (Å²) in [7, 11) is 1.94. The van der Waals surface area contributed by atoms with E-state index in [9.17, 15) is 4.79 Å². The fourth-order valence-electron chi connectivity index (χ4n) is 3.96. The molecule has 4 rings (SSSR count). The normalized spacial score (nSPS) is 19.5. The standard InChI is InChI=1S/C24H30N4O4/c1-16(26-17(2)29)15-30-18-9-11-20(12-10-18)32-24-27-21-14-25-23(13-22(21)28(24)3)31-19-7-5-4-6-8-19/h4-8,13-14,16,18,20H,9-12,15H2,1-3H3,(H,26,29)/t16-,18?,20?/m0/s1. The quantitative estimate of drug-likeness (QED) is 0.572. The van der Waals surface area contributed by atoms with Crippen molar-refractivity contribution in [1.29, 1.82) is 0 Å². The Morgan fingerprint density at radius 3 is 2.62 bits per heavy atom. The maximum Gasteiger partial charge on any atom is 0.297 e. The number of nitrogens with zero attached hydrogens (tertiary/aromatic N) is 3. The molecule has 1 atom stereocenters. The average molecular weight is 439 g/mol. The smallest absolute Gasteiger partial charge is 0.297 e. The van der Waals surface area contributed by atoms with Gasteiger partial charge in [0.25, 0.3) is 6.01 Å². The lowest BCUT2D eigenvalue weighted by atomic mass is 9.95. The maximum absolute atomic E-state index is 11.1. The second-order valence-corrected chi connectivity index (χ2v) is 8.33. The van der Waals surface area contributed by atoms with Crippen molar-refractivity contribution in [2.24, 2.45) is 7.05 Å². The highest BCUT2D eigenvalue weighted by atomic mass is 16.5. The molecular weight excluding hydrogens is 408 g/mol. The highest BCUT2D eigenvalue weighted by molar-refractivity contribution is 5.76. The number of hydrogen-bond acceptors (Lipinski definition) is 6. The molecule has 32 heavy (non-hydrogen) atoms. The van der Waals surface area contributed by atoms with Gasteiger partial charge in [-0.1, -0.05) is 18.2 Å². The van der Waals surface area contributed by atoms with Crippen molar-refractivity contribution in [2.75, 3.05) is 6.61 Å². The molecule has 1 N–H and O–H groups in total. The van der Waals surface area contributed by atoms with Crippen molar-refractivity contribution in [3.05, 3.63) is 42.6 Å². The van der Waals surface area contributed by atoms with Crippen LogP contribution in [0.3, 0.4) is 0 Å². The van der Waals surface area contributed by atoms with Crippen molar-refractivity contribution in [3.63, 3.8) is 0 Å². The number of pyridine rings is 1. The minimum Gasteiger partial charge on any atom is -0.461 e. The fraction of sp³-hybridized carbons (Fsp3) is 0.458. The number of rotatable bonds is 8. The van der Waals surface area contributed by atoms with Crippen LogP contribution in [0.5, 0.6) is 17.6 Å². The number of benzene rings is 1. The van der Waals surface area contributed by atoms with Crippen molar-refractivity contribution < 1.29 is 19.0 Å². The van der Waals surface area contributed by atoms with Gasteiger partial charge in [0.2, 0.25) is 11.8 Å². The van der Waals surface area contributed by atoms with Crippen LogP contribution in [0.1, 0.15) is 39.5 Å². The van der Waals surface area contributed by atoms with Crippen LogP contribution in [0, 0.1) is 0 Å². The largest absolute Gasteiger partial charge is 0.461 e. The van der Waals surface area contributed by atoms with Gasteiger partial charge in [-0.25, -0.2) is 4.98 Å². The van der Waals surface area contributed by atoms with Gasteiger partial charge in [-0.15, -0.1) is 0 Å². The zero-order valence-corrected chi connectivity index (χ0v) is 18.8. The summed E-state index contributed by atoms with van der Waals surface area (Å²) in [6, 6.07) is 12.1. The lowest BCUT2D eigenvalue weighted by Crippen LogP contribution is -2.37. The summed E-state index contributed by atoms with van der Waals surface area (Å²) in [6.07, 6.45) is 5.68. The summed E-state index contributed by atoms with van der Waals surface area (Å²) >= 11 is 0. The minimum absolute atomic E-state index is 0.0193. The third kappa shape index (κ3) is 5.56. The first kappa shape index (κ1) is 22.1. The lowest BCUT2D eigenvalue weighted by molar-refractivity contribution is -0.120. The molecule has 0 bridgehead atoms. The topological polar surface area (TPSA) is 87.5 Å². The van der Waals surface area contributed by atoms with Crippen LogP contribution >= 0.6 is 0 Å². The molecule has 0 spiro atoms. The van der Waals surface area contributed by atoms with E-state index in [4.69, 9.17) is 14.2 Å². The van der Waals surface area contributed by atoms with Gasteiger partial charge in [0.1, 0.15) is 17.4 Å². The van der Waals surface area contributed by atoms with Crippen LogP contribution in [0.4, 0.5) is 0 Å². The molecule has 0 radical (unpaired) electrons. The van der Waals surface area contributed by atoms with Crippen LogP contribution in [-0.4, -0.2) is 45.3 Å². The van der Waals surface area contributed by atoms with Crippen molar-refractivity contribution in [2.45, 2.75) is 57.8 Å². The molecule has 1 aromatic carbocycles. The van der Waals surface area contributed by atoms with Crippen LogP contribution in [-0.2, 0) is 16.6 Å². The van der Waals surface area contributed by atoms with E-state index in [1.54, 1.807) is 6.20 Å². The third-order valence-corrected chi connectivity index (χ3v) is 5.59. The maximum atomic E-state index is 11.1. The average Bonchev–Trinajstić information content (AvgIpc) is 3.08. The van der Waals surface area contributed by atoms with Crippen LogP contribution < -0.4 is 14.8 Å². The van der Waals surface area contributed by atoms with Gasteiger partial charge in [-0.3, -0.25) is 9.36 Å². The fourth-order valence-corrected chi connectivity index (χ4v) is 3.96. The van der Waals surface area contributed by atoms with Gasteiger partial charge < -0.3 is 19.5 Å². The summed E-state index contributed by atoms with van der Waals surface area (Å²) in [4.78, 5) is 20.1. The number of carbonyl (C=O) groups excluding carboxylic acids is 1. The number of para-hydroxylation sites is 1. The number of fused-ring (bicyclic) bond motifs is 1. The van der Waals surface area contributed by atoms with Crippen molar-refractivity contribution in [1.82, 2.24) is 19.9 Å². The number of ether oxygens (including phenoxy) is 3. The molecule has 1 amide bonds. The van der Waals surface area contributed by atoms with Gasteiger partial charge in [0.15, 0.2) is 0 Å². The molecule has 8 heteroatoms. The van der Waals surface area contributed by atoms with Gasteiger partial charge in [0.05, 0.1) is 24.4 Å². The molecule has 3 aromatic rings. The highest BCUT2D eigenvalue weighted by Gasteiger charge is 2.25. The summed E-state index contributed by atoms with van der Waals surface area (Å²) in [5.41, 5.74) is 1.68. The summed E-state index contributed by atoms with van der Waals surface area (Å²) < 4.78 is 20.0. The van der Waals surface area contributed by atoms with E-state index in [1.807, 2.05) is 54.9 Å². The monoisotopic (exact) mass is 438 g/mol.